The zero-order valence-corrected chi connectivity index (χ0v) is 14.3. The van der Waals surface area contributed by atoms with Gasteiger partial charge < -0.3 is 10.1 Å². The maximum absolute atomic E-state index is 12.6. The number of rotatable bonds is 5. The van der Waals surface area contributed by atoms with Crippen molar-refractivity contribution in [3.63, 3.8) is 0 Å². The minimum atomic E-state index is -4.80. The summed E-state index contributed by atoms with van der Waals surface area (Å²) in [6.45, 7) is 0. The first-order valence-corrected chi connectivity index (χ1v) is 7.98. The van der Waals surface area contributed by atoms with E-state index in [1.54, 1.807) is 18.2 Å². The van der Waals surface area contributed by atoms with E-state index in [2.05, 4.69) is 20.1 Å². The minimum absolute atomic E-state index is 0.0220. The molecular formula is C17H12ClF3N4O2. The molecule has 1 aliphatic rings. The predicted octanol–water partition coefficient (Wildman–Crippen LogP) is 4.25. The van der Waals surface area contributed by atoms with Crippen LogP contribution in [0.1, 0.15) is 12.1 Å². The second kappa shape index (κ2) is 7.67. The highest BCUT2D eigenvalue weighted by molar-refractivity contribution is 6.30. The quantitative estimate of drug-likeness (QED) is 0.767. The van der Waals surface area contributed by atoms with E-state index in [-0.39, 0.29) is 18.0 Å². The van der Waals surface area contributed by atoms with E-state index in [1.165, 1.54) is 35.3 Å². The van der Waals surface area contributed by atoms with E-state index < -0.39 is 6.36 Å². The Labute approximate surface area is 156 Å². The highest BCUT2D eigenvalue weighted by atomic mass is 35.5. The van der Waals surface area contributed by atoms with Crippen molar-refractivity contribution >= 4 is 29.4 Å². The van der Waals surface area contributed by atoms with Crippen molar-refractivity contribution in [1.29, 1.82) is 0 Å². The number of nitrogens with one attached hydrogen (secondary N) is 1. The number of ether oxygens (including phenoxy) is 1. The van der Waals surface area contributed by atoms with Crippen molar-refractivity contribution in [2.24, 2.45) is 0 Å². The van der Waals surface area contributed by atoms with Crippen molar-refractivity contribution in [3.05, 3.63) is 65.3 Å². The van der Waals surface area contributed by atoms with Crippen LogP contribution in [0.2, 0.25) is 5.02 Å². The maximum Gasteiger partial charge on any atom is 0.572 e. The molecule has 0 spiro atoms. The summed E-state index contributed by atoms with van der Waals surface area (Å²) in [6, 6.07) is 3.10. The zero-order chi connectivity index (χ0) is 19.4. The van der Waals surface area contributed by atoms with Crippen LogP contribution in [0.25, 0.3) is 11.3 Å². The third-order valence-electron chi connectivity index (χ3n) is 3.44. The number of amides is 1. The molecule has 1 amide bonds. The summed E-state index contributed by atoms with van der Waals surface area (Å²) in [5.74, 6) is -0.0647. The number of aromatic nitrogens is 3. The molecule has 3 rings (SSSR count). The largest absolute Gasteiger partial charge is 0.572 e. The summed E-state index contributed by atoms with van der Waals surface area (Å²) in [5, 5.41) is 7.00. The van der Waals surface area contributed by atoms with Crippen molar-refractivity contribution in [2.75, 3.05) is 5.32 Å². The zero-order valence-electron chi connectivity index (χ0n) is 13.6. The van der Waals surface area contributed by atoms with Gasteiger partial charge in [0.1, 0.15) is 5.76 Å². The number of alkyl halides is 3. The van der Waals surface area contributed by atoms with Crippen molar-refractivity contribution in [3.8, 4) is 5.69 Å². The Morgan fingerprint density at radius 1 is 1.30 bits per heavy atom. The third-order valence-corrected chi connectivity index (χ3v) is 3.65. The molecule has 6 nitrogen and oxygen atoms in total. The summed E-state index contributed by atoms with van der Waals surface area (Å²) in [4.78, 5) is 14.7. The Balaban J connectivity index is 2.09. The van der Waals surface area contributed by atoms with Crippen LogP contribution in [0.3, 0.4) is 0 Å². The Bertz CT molecular complexity index is 948. The predicted molar refractivity (Wildman–Crippen MR) is 93.0 cm³/mol. The smallest absolute Gasteiger partial charge is 0.410 e. The average Bonchev–Trinajstić information content (AvgIpc) is 2.87. The summed E-state index contributed by atoms with van der Waals surface area (Å²) in [5.41, 5.74) is 1.28. The van der Waals surface area contributed by atoms with E-state index in [0.717, 1.165) is 0 Å². The molecule has 1 N–H and O–H groups in total. The lowest BCUT2D eigenvalue weighted by Gasteiger charge is -2.12. The van der Waals surface area contributed by atoms with Gasteiger partial charge in [-0.1, -0.05) is 29.8 Å². The topological polar surface area (TPSA) is 69.0 Å². The monoisotopic (exact) mass is 396 g/mol. The van der Waals surface area contributed by atoms with Crippen LogP contribution in [-0.4, -0.2) is 27.5 Å². The number of hydrogen-bond donors (Lipinski definition) is 1. The molecule has 0 saturated carbocycles. The van der Waals surface area contributed by atoms with Crippen LogP contribution in [0.4, 0.5) is 19.0 Å². The molecule has 2 aromatic heterocycles. The van der Waals surface area contributed by atoms with Gasteiger partial charge in [0.15, 0.2) is 5.82 Å². The molecule has 0 aliphatic heterocycles. The van der Waals surface area contributed by atoms with E-state index in [0.29, 0.717) is 28.4 Å². The summed E-state index contributed by atoms with van der Waals surface area (Å²) >= 11 is 5.96. The van der Waals surface area contributed by atoms with E-state index in [1.807, 2.05) is 0 Å². The molecule has 2 aromatic rings. The standard InChI is InChI=1S/C17H12ClF3N4O2/c18-12-6-13(9-22-8-12)25-15(7-16(24-25)23-10-26)11-3-1-2-4-14(5-11)27-17(19,20)21/h1-3,5-10H,4H2,(H,23,24,26). The van der Waals surface area contributed by atoms with Gasteiger partial charge in [0, 0.05) is 24.3 Å². The number of carbonyl (C=O) groups excluding carboxylic acids is 1. The summed E-state index contributed by atoms with van der Waals surface area (Å²) in [7, 11) is 0. The molecule has 0 fully saturated rings. The number of pyridine rings is 1. The van der Waals surface area contributed by atoms with Crippen molar-refractivity contribution < 1.29 is 22.7 Å². The third kappa shape index (κ3) is 4.76. The normalized spacial score (nSPS) is 14.2. The van der Waals surface area contributed by atoms with Crippen molar-refractivity contribution in [1.82, 2.24) is 14.8 Å². The summed E-state index contributed by atoms with van der Waals surface area (Å²) < 4.78 is 43.3. The molecule has 0 atom stereocenters. The van der Waals surface area contributed by atoms with Crippen LogP contribution in [0, 0.1) is 0 Å². The summed E-state index contributed by atoms with van der Waals surface area (Å²) in [6.07, 6.45) is 4.57. The molecule has 0 radical (unpaired) electrons. The number of nitrogens with zero attached hydrogens (tertiary/aromatic N) is 3. The van der Waals surface area contributed by atoms with E-state index in [9.17, 15) is 18.0 Å². The lowest BCUT2D eigenvalue weighted by Crippen LogP contribution is -2.12. The number of carbonyl (C=O) groups is 1. The Hall–Kier alpha value is -3.07. The van der Waals surface area contributed by atoms with Crippen LogP contribution in [0.15, 0.2) is 54.6 Å². The molecule has 0 unspecified atom stereocenters. The molecule has 1 aliphatic carbocycles. The molecule has 0 bridgehead atoms. The lowest BCUT2D eigenvalue weighted by molar-refractivity contribution is -0.305. The SMILES string of the molecule is O=CNc1cc(C2=CC=CCC(OC(F)(F)F)=C2)n(-c2cncc(Cl)c2)n1. The molecule has 27 heavy (non-hydrogen) atoms. The molecule has 0 aromatic carbocycles. The molecule has 10 heteroatoms. The van der Waals surface area contributed by atoms with Gasteiger partial charge in [0.2, 0.25) is 6.41 Å². The van der Waals surface area contributed by atoms with Gasteiger partial charge in [0.05, 0.1) is 22.6 Å². The van der Waals surface area contributed by atoms with Gasteiger partial charge >= 0.3 is 6.36 Å². The first-order chi connectivity index (χ1) is 12.9. The Morgan fingerprint density at radius 3 is 2.81 bits per heavy atom. The van der Waals surface area contributed by atoms with Crippen molar-refractivity contribution in [2.45, 2.75) is 12.8 Å². The number of halogens is 4. The number of allylic oxidation sites excluding steroid dienone is 5. The minimum Gasteiger partial charge on any atom is -0.410 e. The fourth-order valence-electron chi connectivity index (χ4n) is 2.45. The number of hydrogen-bond acceptors (Lipinski definition) is 4. The molecule has 140 valence electrons. The fourth-order valence-corrected chi connectivity index (χ4v) is 2.61. The van der Waals surface area contributed by atoms with Gasteiger partial charge in [-0.15, -0.1) is 18.3 Å². The Morgan fingerprint density at radius 2 is 2.11 bits per heavy atom. The Kier molecular flexibility index (Phi) is 5.31. The van der Waals surface area contributed by atoms with Gasteiger partial charge in [-0.2, -0.15) is 0 Å². The highest BCUT2D eigenvalue weighted by Crippen LogP contribution is 2.30. The first kappa shape index (κ1) is 18.7. The second-order valence-electron chi connectivity index (χ2n) is 5.36. The first-order valence-electron chi connectivity index (χ1n) is 7.60. The molecule has 0 saturated heterocycles. The molecule has 2 heterocycles. The van der Waals surface area contributed by atoms with Gasteiger partial charge in [-0.05, 0) is 12.1 Å². The number of anilines is 1. The lowest BCUT2D eigenvalue weighted by atomic mass is 10.1. The van der Waals surface area contributed by atoms with Crippen LogP contribution >= 0.6 is 11.6 Å². The van der Waals surface area contributed by atoms with Crippen LogP contribution < -0.4 is 5.32 Å². The average molecular weight is 397 g/mol. The second-order valence-corrected chi connectivity index (χ2v) is 5.80. The maximum atomic E-state index is 12.6. The van der Waals surface area contributed by atoms with E-state index >= 15 is 0 Å². The van der Waals surface area contributed by atoms with Crippen LogP contribution in [-0.2, 0) is 9.53 Å². The van der Waals surface area contributed by atoms with E-state index in [4.69, 9.17) is 11.6 Å². The highest BCUT2D eigenvalue weighted by Gasteiger charge is 2.32. The van der Waals surface area contributed by atoms with Crippen LogP contribution in [0.5, 0.6) is 0 Å². The van der Waals surface area contributed by atoms with Gasteiger partial charge in [-0.3, -0.25) is 9.78 Å². The van der Waals surface area contributed by atoms with Gasteiger partial charge in [0.25, 0.3) is 0 Å². The van der Waals surface area contributed by atoms with Gasteiger partial charge in [-0.25, -0.2) is 4.68 Å². The molecular weight excluding hydrogens is 385 g/mol. The fraction of sp³-hybridized carbons (Fsp3) is 0.118.